The monoisotopic (exact) mass is 245 g/mol. The van der Waals surface area contributed by atoms with Gasteiger partial charge in [-0.25, -0.2) is 9.97 Å². The van der Waals surface area contributed by atoms with Gasteiger partial charge in [0.2, 0.25) is 0 Å². The predicted molar refractivity (Wildman–Crippen MR) is 61.3 cm³/mol. The summed E-state index contributed by atoms with van der Waals surface area (Å²) in [7, 11) is 0. The zero-order chi connectivity index (χ0) is 10.9. The normalized spacial score (nSPS) is 19.4. The molecular weight excluding hydrogens is 233 g/mol. The Kier molecular flexibility index (Phi) is 3.14. The van der Waals surface area contributed by atoms with Crippen LogP contribution in [0.2, 0.25) is 10.3 Å². The zero-order valence-electron chi connectivity index (χ0n) is 8.34. The van der Waals surface area contributed by atoms with Crippen LogP contribution in [-0.4, -0.2) is 16.5 Å². The van der Waals surface area contributed by atoms with E-state index in [0.717, 1.165) is 18.4 Å². The third-order valence-corrected chi connectivity index (χ3v) is 3.81. The van der Waals surface area contributed by atoms with E-state index in [4.69, 9.17) is 28.9 Å². The summed E-state index contributed by atoms with van der Waals surface area (Å²) in [6, 6.07) is 0. The lowest BCUT2D eigenvalue weighted by molar-refractivity contribution is 0.450. The molecule has 0 bridgehead atoms. The first-order valence-electron chi connectivity index (χ1n) is 5.06. The maximum absolute atomic E-state index is 6.09. The molecule has 1 heterocycles. The van der Waals surface area contributed by atoms with Crippen LogP contribution in [0.5, 0.6) is 0 Å². The van der Waals surface area contributed by atoms with Crippen molar-refractivity contribution in [2.45, 2.75) is 31.1 Å². The van der Waals surface area contributed by atoms with Gasteiger partial charge in [-0.3, -0.25) is 0 Å². The van der Waals surface area contributed by atoms with Gasteiger partial charge in [0.1, 0.15) is 16.6 Å². The molecule has 0 aromatic carbocycles. The zero-order valence-corrected chi connectivity index (χ0v) is 9.85. The van der Waals surface area contributed by atoms with Crippen LogP contribution in [-0.2, 0) is 5.41 Å². The maximum Gasteiger partial charge on any atom is 0.137 e. The Morgan fingerprint density at radius 2 is 1.73 bits per heavy atom. The van der Waals surface area contributed by atoms with Crippen molar-refractivity contribution in [3.05, 3.63) is 22.2 Å². The summed E-state index contributed by atoms with van der Waals surface area (Å²) in [5, 5.41) is 0.893. The minimum absolute atomic E-state index is 0.102. The largest absolute Gasteiger partial charge is 0.330 e. The molecule has 0 saturated heterocycles. The average molecular weight is 246 g/mol. The highest BCUT2D eigenvalue weighted by Crippen LogP contribution is 2.44. The molecule has 1 fully saturated rings. The molecule has 1 aliphatic rings. The van der Waals surface area contributed by atoms with E-state index in [1.807, 2.05) is 0 Å². The Balaban J connectivity index is 2.51. The Morgan fingerprint density at radius 3 is 2.20 bits per heavy atom. The molecule has 1 saturated carbocycles. The van der Waals surface area contributed by atoms with Crippen molar-refractivity contribution < 1.29 is 0 Å². The summed E-state index contributed by atoms with van der Waals surface area (Å²) >= 11 is 12.2. The van der Waals surface area contributed by atoms with Crippen molar-refractivity contribution in [2.24, 2.45) is 5.73 Å². The fourth-order valence-corrected chi connectivity index (χ4v) is 3.11. The van der Waals surface area contributed by atoms with E-state index >= 15 is 0 Å². The van der Waals surface area contributed by atoms with Gasteiger partial charge in [-0.2, -0.15) is 0 Å². The highest BCUT2D eigenvalue weighted by molar-refractivity contribution is 6.34. The van der Waals surface area contributed by atoms with Crippen LogP contribution >= 0.6 is 23.2 Å². The van der Waals surface area contributed by atoms with Gasteiger partial charge in [0.05, 0.1) is 0 Å². The van der Waals surface area contributed by atoms with E-state index in [0.29, 0.717) is 16.9 Å². The second-order valence-corrected chi connectivity index (χ2v) is 4.74. The standard InChI is InChI=1S/C10H13Cl2N3/c11-8-7(9(12)15-6-14-8)10(5-13)3-1-2-4-10/h6H,1-5,13H2. The van der Waals surface area contributed by atoms with E-state index in [9.17, 15) is 0 Å². The average Bonchev–Trinajstić information content (AvgIpc) is 2.67. The third kappa shape index (κ3) is 1.84. The molecule has 0 spiro atoms. The smallest absolute Gasteiger partial charge is 0.137 e. The highest BCUT2D eigenvalue weighted by atomic mass is 35.5. The lowest BCUT2D eigenvalue weighted by atomic mass is 9.80. The van der Waals surface area contributed by atoms with Gasteiger partial charge in [0.15, 0.2) is 0 Å². The van der Waals surface area contributed by atoms with Gasteiger partial charge >= 0.3 is 0 Å². The molecule has 2 N–H and O–H groups in total. The first-order valence-corrected chi connectivity index (χ1v) is 5.82. The van der Waals surface area contributed by atoms with Gasteiger partial charge in [-0.15, -0.1) is 0 Å². The molecule has 0 amide bonds. The quantitative estimate of drug-likeness (QED) is 0.816. The Bertz CT molecular complexity index is 341. The third-order valence-electron chi connectivity index (χ3n) is 3.24. The number of hydrogen-bond acceptors (Lipinski definition) is 3. The highest BCUT2D eigenvalue weighted by Gasteiger charge is 2.38. The van der Waals surface area contributed by atoms with Crippen LogP contribution < -0.4 is 5.73 Å². The van der Waals surface area contributed by atoms with E-state index in [1.165, 1.54) is 19.2 Å². The number of nitrogens with two attached hydrogens (primary N) is 1. The van der Waals surface area contributed by atoms with Crippen LogP contribution in [0.3, 0.4) is 0 Å². The fourth-order valence-electron chi connectivity index (χ4n) is 2.39. The molecule has 2 rings (SSSR count). The van der Waals surface area contributed by atoms with Crippen molar-refractivity contribution in [1.29, 1.82) is 0 Å². The summed E-state index contributed by atoms with van der Waals surface area (Å²) in [6.45, 7) is 0.555. The molecule has 15 heavy (non-hydrogen) atoms. The molecule has 82 valence electrons. The number of nitrogens with zero attached hydrogens (tertiary/aromatic N) is 2. The summed E-state index contributed by atoms with van der Waals surface area (Å²) in [5.41, 5.74) is 6.61. The summed E-state index contributed by atoms with van der Waals surface area (Å²) < 4.78 is 0. The van der Waals surface area contributed by atoms with Crippen molar-refractivity contribution in [2.75, 3.05) is 6.54 Å². The number of hydrogen-bond donors (Lipinski definition) is 1. The molecule has 1 aromatic rings. The van der Waals surface area contributed by atoms with Crippen LogP contribution in [0.15, 0.2) is 6.33 Å². The summed E-state index contributed by atoms with van der Waals surface area (Å²) in [5.74, 6) is 0. The minimum Gasteiger partial charge on any atom is -0.330 e. The van der Waals surface area contributed by atoms with E-state index in [1.54, 1.807) is 0 Å². The molecule has 5 heteroatoms. The molecular formula is C10H13Cl2N3. The summed E-state index contributed by atoms with van der Waals surface area (Å²) in [6.07, 6.45) is 5.76. The van der Waals surface area contributed by atoms with E-state index in [-0.39, 0.29) is 5.41 Å². The number of halogens is 2. The van der Waals surface area contributed by atoms with Gasteiger partial charge < -0.3 is 5.73 Å². The SMILES string of the molecule is NCC1(c2c(Cl)ncnc2Cl)CCCC1. The van der Waals surface area contributed by atoms with Gasteiger partial charge in [0, 0.05) is 17.5 Å². The van der Waals surface area contributed by atoms with Crippen molar-refractivity contribution in [1.82, 2.24) is 9.97 Å². The second kappa shape index (κ2) is 4.24. The first kappa shape index (κ1) is 11.1. The van der Waals surface area contributed by atoms with Crippen LogP contribution in [0.1, 0.15) is 31.2 Å². The molecule has 0 radical (unpaired) electrons. The van der Waals surface area contributed by atoms with E-state index < -0.39 is 0 Å². The molecule has 1 aliphatic carbocycles. The maximum atomic E-state index is 6.09. The lowest BCUT2D eigenvalue weighted by Gasteiger charge is -2.28. The van der Waals surface area contributed by atoms with Crippen molar-refractivity contribution >= 4 is 23.2 Å². The topological polar surface area (TPSA) is 51.8 Å². The molecule has 0 aliphatic heterocycles. The lowest BCUT2D eigenvalue weighted by Crippen LogP contribution is -2.33. The minimum atomic E-state index is -0.102. The van der Waals surface area contributed by atoms with Gasteiger partial charge in [-0.1, -0.05) is 36.0 Å². The number of aromatic nitrogens is 2. The van der Waals surface area contributed by atoms with E-state index in [2.05, 4.69) is 9.97 Å². The molecule has 0 atom stereocenters. The van der Waals surface area contributed by atoms with Gasteiger partial charge in [0.25, 0.3) is 0 Å². The predicted octanol–water partition coefficient (Wildman–Crippen LogP) is 2.55. The van der Waals surface area contributed by atoms with Gasteiger partial charge in [-0.05, 0) is 12.8 Å². The van der Waals surface area contributed by atoms with Crippen molar-refractivity contribution in [3.8, 4) is 0 Å². The fraction of sp³-hybridized carbons (Fsp3) is 0.600. The first-order chi connectivity index (χ1) is 7.19. The Hall–Kier alpha value is -0.380. The molecule has 3 nitrogen and oxygen atoms in total. The molecule has 1 aromatic heterocycles. The second-order valence-electron chi connectivity index (χ2n) is 4.02. The number of rotatable bonds is 2. The summed E-state index contributed by atoms with van der Waals surface area (Å²) in [4.78, 5) is 7.98. The van der Waals surface area contributed by atoms with Crippen LogP contribution in [0.25, 0.3) is 0 Å². The molecule has 0 unspecified atom stereocenters. The Labute approximate surface area is 99.0 Å². The van der Waals surface area contributed by atoms with Crippen molar-refractivity contribution in [3.63, 3.8) is 0 Å². The van der Waals surface area contributed by atoms with Crippen LogP contribution in [0, 0.1) is 0 Å². The van der Waals surface area contributed by atoms with Crippen LogP contribution in [0.4, 0.5) is 0 Å². The Morgan fingerprint density at radius 1 is 1.20 bits per heavy atom.